The van der Waals surface area contributed by atoms with Crippen LogP contribution in [-0.4, -0.2) is 25.3 Å². The minimum Gasteiger partial charge on any atom is -0.322 e. The van der Waals surface area contributed by atoms with Crippen LogP contribution < -0.4 is 10.0 Å². The highest BCUT2D eigenvalue weighted by Crippen LogP contribution is 2.20. The molecule has 2 aromatic rings. The number of sulfonamides is 1. The summed E-state index contributed by atoms with van der Waals surface area (Å²) in [6.07, 6.45) is 0.656. The van der Waals surface area contributed by atoms with Gasteiger partial charge in [0.15, 0.2) is 0 Å². The maximum Gasteiger partial charge on any atom is 0.282 e. The van der Waals surface area contributed by atoms with Gasteiger partial charge in [0.05, 0.1) is 9.82 Å². The van der Waals surface area contributed by atoms with Gasteiger partial charge in [0.1, 0.15) is 5.56 Å². The second kappa shape index (κ2) is 8.07. The van der Waals surface area contributed by atoms with E-state index in [1.165, 1.54) is 48.5 Å². The highest BCUT2D eigenvalue weighted by molar-refractivity contribution is 7.89. The summed E-state index contributed by atoms with van der Waals surface area (Å²) in [5.74, 6) is -0.648. The molecule has 0 aromatic heterocycles. The molecule has 0 saturated heterocycles. The Morgan fingerprint density at radius 3 is 2.35 bits per heavy atom. The number of carbonyl (C=O) groups excluding carboxylic acids is 1. The molecule has 2 aromatic carbocycles. The second-order valence-electron chi connectivity index (χ2n) is 5.68. The standard InChI is InChI=1S/C17H19N3O5S/c1-3-12(2)19-26(24,25)14-10-8-13(9-11-14)18-17(21)15-6-4-5-7-16(15)20(22)23/h4-12,19H,3H2,1-2H3,(H,18,21)/t12-/m1/s1. The maximum atomic E-state index is 12.3. The molecule has 0 radical (unpaired) electrons. The number of nitro benzene ring substituents is 1. The van der Waals surface area contributed by atoms with Crippen molar-refractivity contribution in [2.24, 2.45) is 0 Å². The van der Waals surface area contributed by atoms with Crippen LogP contribution >= 0.6 is 0 Å². The molecule has 2 N–H and O–H groups in total. The third-order valence-corrected chi connectivity index (χ3v) is 5.34. The Kier molecular flexibility index (Phi) is 6.06. The van der Waals surface area contributed by atoms with Crippen molar-refractivity contribution in [3.63, 3.8) is 0 Å². The third kappa shape index (κ3) is 4.64. The van der Waals surface area contributed by atoms with E-state index in [1.54, 1.807) is 6.92 Å². The zero-order valence-corrected chi connectivity index (χ0v) is 15.1. The van der Waals surface area contributed by atoms with Crippen LogP contribution in [0.4, 0.5) is 11.4 Å². The molecule has 1 amide bonds. The van der Waals surface area contributed by atoms with Crippen LogP contribution in [0.3, 0.4) is 0 Å². The predicted octanol–water partition coefficient (Wildman–Crippen LogP) is 2.92. The molecule has 8 nitrogen and oxygen atoms in total. The van der Waals surface area contributed by atoms with E-state index in [2.05, 4.69) is 10.0 Å². The lowest BCUT2D eigenvalue weighted by Crippen LogP contribution is -2.31. The number of carbonyl (C=O) groups is 1. The van der Waals surface area contributed by atoms with Gasteiger partial charge in [0.2, 0.25) is 10.0 Å². The zero-order valence-electron chi connectivity index (χ0n) is 14.3. The van der Waals surface area contributed by atoms with Crippen LogP contribution in [-0.2, 0) is 10.0 Å². The van der Waals surface area contributed by atoms with Gasteiger partial charge in [-0.15, -0.1) is 0 Å². The molecular weight excluding hydrogens is 358 g/mol. The van der Waals surface area contributed by atoms with Crippen LogP contribution in [0.15, 0.2) is 53.4 Å². The molecule has 0 aliphatic rings. The molecule has 0 unspecified atom stereocenters. The number of rotatable bonds is 7. The fraction of sp³-hybridized carbons (Fsp3) is 0.235. The fourth-order valence-electron chi connectivity index (χ4n) is 2.16. The minimum absolute atomic E-state index is 0.0708. The van der Waals surface area contributed by atoms with Crippen LogP contribution in [0.1, 0.15) is 30.6 Å². The fourth-order valence-corrected chi connectivity index (χ4v) is 3.48. The maximum absolute atomic E-state index is 12.3. The number of anilines is 1. The topological polar surface area (TPSA) is 118 Å². The Morgan fingerprint density at radius 1 is 1.15 bits per heavy atom. The van der Waals surface area contributed by atoms with Gasteiger partial charge >= 0.3 is 0 Å². The molecule has 0 bridgehead atoms. The van der Waals surface area contributed by atoms with Gasteiger partial charge in [0, 0.05) is 17.8 Å². The summed E-state index contributed by atoms with van der Waals surface area (Å²) in [5.41, 5.74) is -0.0507. The van der Waals surface area contributed by atoms with Gasteiger partial charge in [-0.2, -0.15) is 0 Å². The molecule has 9 heteroatoms. The highest BCUT2D eigenvalue weighted by Gasteiger charge is 2.20. The first-order valence-corrected chi connectivity index (χ1v) is 9.40. The van der Waals surface area contributed by atoms with Gasteiger partial charge in [-0.25, -0.2) is 13.1 Å². The summed E-state index contributed by atoms with van der Waals surface area (Å²) in [5, 5.41) is 13.5. The van der Waals surface area contributed by atoms with Gasteiger partial charge in [-0.05, 0) is 43.7 Å². The number of nitrogens with zero attached hydrogens (tertiary/aromatic N) is 1. The van der Waals surface area contributed by atoms with Crippen molar-refractivity contribution >= 4 is 27.3 Å². The first kappa shape index (κ1) is 19.5. The van der Waals surface area contributed by atoms with Crippen LogP contribution in [0, 0.1) is 10.1 Å². The number of hydrogen-bond donors (Lipinski definition) is 2. The van der Waals surface area contributed by atoms with Crippen molar-refractivity contribution in [3.8, 4) is 0 Å². The summed E-state index contributed by atoms with van der Waals surface area (Å²) >= 11 is 0. The Morgan fingerprint density at radius 2 is 1.77 bits per heavy atom. The molecule has 0 heterocycles. The smallest absolute Gasteiger partial charge is 0.282 e. The van der Waals surface area contributed by atoms with E-state index >= 15 is 0 Å². The largest absolute Gasteiger partial charge is 0.322 e. The number of benzene rings is 2. The molecule has 0 spiro atoms. The molecule has 26 heavy (non-hydrogen) atoms. The minimum atomic E-state index is -3.64. The van der Waals surface area contributed by atoms with Crippen molar-refractivity contribution in [2.45, 2.75) is 31.2 Å². The molecule has 0 fully saturated rings. The number of amides is 1. The lowest BCUT2D eigenvalue weighted by atomic mass is 10.1. The van der Waals surface area contributed by atoms with Crippen molar-refractivity contribution < 1.29 is 18.1 Å². The van der Waals surface area contributed by atoms with Crippen molar-refractivity contribution in [1.29, 1.82) is 0 Å². The highest BCUT2D eigenvalue weighted by atomic mass is 32.2. The quantitative estimate of drug-likeness (QED) is 0.568. The lowest BCUT2D eigenvalue weighted by molar-refractivity contribution is -0.385. The molecule has 0 saturated carbocycles. The van der Waals surface area contributed by atoms with Crippen molar-refractivity contribution in [2.75, 3.05) is 5.32 Å². The van der Waals surface area contributed by atoms with Crippen LogP contribution in [0.5, 0.6) is 0 Å². The molecule has 1 atom stereocenters. The molecule has 0 aliphatic carbocycles. The van der Waals surface area contributed by atoms with Crippen LogP contribution in [0.25, 0.3) is 0 Å². The molecule has 2 rings (SSSR count). The van der Waals surface area contributed by atoms with Crippen molar-refractivity contribution in [3.05, 3.63) is 64.2 Å². The van der Waals surface area contributed by atoms with Crippen LogP contribution in [0.2, 0.25) is 0 Å². The summed E-state index contributed by atoms with van der Waals surface area (Å²) in [4.78, 5) is 22.7. The van der Waals surface area contributed by atoms with E-state index < -0.39 is 20.9 Å². The Balaban J connectivity index is 2.17. The SMILES string of the molecule is CC[C@@H](C)NS(=O)(=O)c1ccc(NC(=O)c2ccccc2[N+](=O)[O-])cc1. The van der Waals surface area contributed by atoms with E-state index in [0.717, 1.165) is 0 Å². The summed E-state index contributed by atoms with van der Waals surface area (Å²) < 4.78 is 26.9. The Bertz CT molecular complexity index is 910. The first-order valence-electron chi connectivity index (χ1n) is 7.91. The van der Waals surface area contributed by atoms with E-state index in [-0.39, 0.29) is 22.2 Å². The summed E-state index contributed by atoms with van der Waals surface area (Å²) in [7, 11) is -3.64. The van der Waals surface area contributed by atoms with Gasteiger partial charge in [-0.3, -0.25) is 14.9 Å². The number of hydrogen-bond acceptors (Lipinski definition) is 5. The van der Waals surface area contributed by atoms with Gasteiger partial charge < -0.3 is 5.32 Å². The number of nitrogens with one attached hydrogen (secondary N) is 2. The zero-order chi connectivity index (χ0) is 19.3. The van der Waals surface area contributed by atoms with E-state index in [4.69, 9.17) is 0 Å². The summed E-state index contributed by atoms with van der Waals surface area (Å²) in [6.45, 7) is 3.63. The van der Waals surface area contributed by atoms with E-state index in [9.17, 15) is 23.3 Å². The Hall–Kier alpha value is -2.78. The summed E-state index contributed by atoms with van der Waals surface area (Å²) in [6, 6.07) is 11.0. The van der Waals surface area contributed by atoms with Crippen molar-refractivity contribution in [1.82, 2.24) is 4.72 Å². The molecule has 0 aliphatic heterocycles. The lowest BCUT2D eigenvalue weighted by Gasteiger charge is -2.12. The Labute approximate surface area is 151 Å². The first-order chi connectivity index (χ1) is 12.2. The second-order valence-corrected chi connectivity index (χ2v) is 7.40. The molecular formula is C17H19N3O5S. The monoisotopic (exact) mass is 377 g/mol. The van der Waals surface area contributed by atoms with E-state index in [1.807, 2.05) is 6.92 Å². The normalized spacial score (nSPS) is 12.4. The van der Waals surface area contributed by atoms with Gasteiger partial charge in [-0.1, -0.05) is 19.1 Å². The molecule has 138 valence electrons. The number of para-hydroxylation sites is 1. The third-order valence-electron chi connectivity index (χ3n) is 3.74. The average molecular weight is 377 g/mol. The number of nitro groups is 1. The van der Waals surface area contributed by atoms with E-state index in [0.29, 0.717) is 12.1 Å². The predicted molar refractivity (Wildman–Crippen MR) is 97.6 cm³/mol. The van der Waals surface area contributed by atoms with Gasteiger partial charge in [0.25, 0.3) is 11.6 Å². The average Bonchev–Trinajstić information content (AvgIpc) is 2.61.